The summed E-state index contributed by atoms with van der Waals surface area (Å²) in [6.45, 7) is 2.07. The Bertz CT molecular complexity index is 1010. The number of ketones is 1. The maximum Gasteiger partial charge on any atom is 0.343 e. The molecule has 0 bridgehead atoms. The molecule has 0 spiro atoms. The van der Waals surface area contributed by atoms with Crippen LogP contribution < -0.4 is 4.74 Å². The summed E-state index contributed by atoms with van der Waals surface area (Å²) in [5.74, 6) is -0.295. The molecule has 0 amide bonds. The summed E-state index contributed by atoms with van der Waals surface area (Å²) in [6, 6.07) is 22.5. The van der Waals surface area contributed by atoms with Crippen LogP contribution in [0, 0.1) is 0 Å². The lowest BCUT2D eigenvalue weighted by Gasteiger charge is -2.06. The van der Waals surface area contributed by atoms with Crippen LogP contribution in [0.4, 0.5) is 0 Å². The van der Waals surface area contributed by atoms with Crippen LogP contribution in [0.2, 0.25) is 0 Å². The van der Waals surface area contributed by atoms with Gasteiger partial charge in [-0.1, -0.05) is 42.5 Å². The summed E-state index contributed by atoms with van der Waals surface area (Å²) in [7, 11) is 0. The molecule has 5 heteroatoms. The van der Waals surface area contributed by atoms with E-state index in [2.05, 4.69) is 0 Å². The van der Waals surface area contributed by atoms with Crippen molar-refractivity contribution in [3.05, 3.63) is 101 Å². The molecule has 0 aliphatic rings. The van der Waals surface area contributed by atoms with Gasteiger partial charge in [-0.15, -0.1) is 0 Å². The third-order valence-electron chi connectivity index (χ3n) is 4.41. The lowest BCUT2D eigenvalue weighted by molar-refractivity contribution is -0.117. The van der Waals surface area contributed by atoms with Gasteiger partial charge in [0.2, 0.25) is 0 Å². The highest BCUT2D eigenvalue weighted by molar-refractivity contribution is 5.91. The molecule has 3 aromatic rings. The zero-order valence-electron chi connectivity index (χ0n) is 16.7. The quantitative estimate of drug-likeness (QED) is 0.412. The third-order valence-corrected chi connectivity index (χ3v) is 4.41. The third kappa shape index (κ3) is 5.88. The topological polar surface area (TPSA) is 69.7 Å². The maximum absolute atomic E-state index is 12.4. The van der Waals surface area contributed by atoms with E-state index in [0.717, 1.165) is 11.1 Å². The summed E-state index contributed by atoms with van der Waals surface area (Å²) in [5.41, 5.74) is 2.53. The van der Waals surface area contributed by atoms with Gasteiger partial charge in [0, 0.05) is 12.8 Å². The summed E-state index contributed by atoms with van der Waals surface area (Å²) in [6.07, 6.45) is 0.522. The van der Waals surface area contributed by atoms with Crippen molar-refractivity contribution in [1.82, 2.24) is 0 Å². The maximum atomic E-state index is 12.4. The van der Waals surface area contributed by atoms with Crippen molar-refractivity contribution in [3.63, 3.8) is 0 Å². The fourth-order valence-corrected chi connectivity index (χ4v) is 2.90. The number of esters is 2. The van der Waals surface area contributed by atoms with Crippen LogP contribution in [-0.4, -0.2) is 24.3 Å². The summed E-state index contributed by atoms with van der Waals surface area (Å²) < 4.78 is 10.3. The van der Waals surface area contributed by atoms with E-state index in [1.54, 1.807) is 79.7 Å². The minimum atomic E-state index is -0.444. The Morgan fingerprint density at radius 3 is 1.67 bits per heavy atom. The molecule has 0 radical (unpaired) electrons. The molecule has 3 aromatic carbocycles. The van der Waals surface area contributed by atoms with E-state index in [-0.39, 0.29) is 24.6 Å². The van der Waals surface area contributed by atoms with E-state index < -0.39 is 5.97 Å². The molecule has 0 heterocycles. The molecule has 30 heavy (non-hydrogen) atoms. The van der Waals surface area contributed by atoms with Crippen molar-refractivity contribution >= 4 is 17.7 Å². The number of para-hydroxylation sites is 1. The first-order valence-corrected chi connectivity index (χ1v) is 9.69. The number of carbonyl (C=O) groups is 3. The van der Waals surface area contributed by atoms with Crippen LogP contribution in [0.1, 0.15) is 38.8 Å². The zero-order chi connectivity index (χ0) is 21.3. The molecule has 152 valence electrons. The molecule has 5 nitrogen and oxygen atoms in total. The minimum absolute atomic E-state index is 0.0403. The highest BCUT2D eigenvalue weighted by Gasteiger charge is 2.11. The van der Waals surface area contributed by atoms with Crippen molar-refractivity contribution in [3.8, 4) is 5.75 Å². The van der Waals surface area contributed by atoms with Crippen molar-refractivity contribution in [2.75, 3.05) is 6.61 Å². The van der Waals surface area contributed by atoms with Crippen LogP contribution in [0.25, 0.3) is 0 Å². The number of hydrogen-bond donors (Lipinski definition) is 0. The highest BCUT2D eigenvalue weighted by Crippen LogP contribution is 2.14. The first kappa shape index (κ1) is 21.0. The highest BCUT2D eigenvalue weighted by atomic mass is 16.5. The number of hydrogen-bond acceptors (Lipinski definition) is 5. The summed E-state index contributed by atoms with van der Waals surface area (Å²) in [4.78, 5) is 36.2. The fraction of sp³-hybridized carbons (Fsp3) is 0.160. The van der Waals surface area contributed by atoms with Gasteiger partial charge in [0.15, 0.2) is 0 Å². The van der Waals surface area contributed by atoms with Gasteiger partial charge in [-0.3, -0.25) is 4.79 Å². The van der Waals surface area contributed by atoms with Crippen LogP contribution in [0.3, 0.4) is 0 Å². The number of Topliss-reactive ketones (excluding diaryl/α,β-unsaturated/α-hetero) is 1. The molecule has 0 saturated heterocycles. The van der Waals surface area contributed by atoms with Gasteiger partial charge < -0.3 is 9.47 Å². The second-order valence-electron chi connectivity index (χ2n) is 6.71. The SMILES string of the molecule is CCOC(=O)c1ccc(CC(=O)Cc2ccc(C(=O)Oc3ccccc3)cc2)cc1. The molecule has 0 saturated carbocycles. The Morgan fingerprint density at radius 1 is 0.667 bits per heavy atom. The largest absolute Gasteiger partial charge is 0.462 e. The van der Waals surface area contributed by atoms with Crippen LogP contribution in [-0.2, 0) is 22.4 Å². The lowest BCUT2D eigenvalue weighted by atomic mass is 10.0. The van der Waals surface area contributed by atoms with E-state index in [4.69, 9.17) is 9.47 Å². The predicted octanol–water partition coefficient (Wildman–Crippen LogP) is 4.44. The van der Waals surface area contributed by atoms with Crippen LogP contribution in [0.5, 0.6) is 5.75 Å². The minimum Gasteiger partial charge on any atom is -0.462 e. The number of benzene rings is 3. The second kappa shape index (κ2) is 10.2. The molecule has 0 aliphatic heterocycles. The Labute approximate surface area is 175 Å². The van der Waals surface area contributed by atoms with E-state index in [1.807, 2.05) is 6.07 Å². The summed E-state index contributed by atoms with van der Waals surface area (Å²) >= 11 is 0. The zero-order valence-corrected chi connectivity index (χ0v) is 16.7. The van der Waals surface area contributed by atoms with Gasteiger partial charge >= 0.3 is 11.9 Å². The lowest BCUT2D eigenvalue weighted by Crippen LogP contribution is -2.10. The normalized spacial score (nSPS) is 10.3. The van der Waals surface area contributed by atoms with Gasteiger partial charge in [0.1, 0.15) is 11.5 Å². The Hall–Kier alpha value is -3.73. The Morgan fingerprint density at radius 2 is 1.17 bits per heavy atom. The predicted molar refractivity (Wildman–Crippen MR) is 113 cm³/mol. The average Bonchev–Trinajstić information content (AvgIpc) is 2.75. The molecule has 0 aromatic heterocycles. The second-order valence-corrected chi connectivity index (χ2v) is 6.71. The van der Waals surface area contributed by atoms with E-state index in [9.17, 15) is 14.4 Å². The van der Waals surface area contributed by atoms with Crippen molar-refractivity contribution in [2.45, 2.75) is 19.8 Å². The molecule has 0 unspecified atom stereocenters. The van der Waals surface area contributed by atoms with Gasteiger partial charge in [0.05, 0.1) is 17.7 Å². The fourth-order valence-electron chi connectivity index (χ4n) is 2.90. The van der Waals surface area contributed by atoms with Crippen molar-refractivity contribution < 1.29 is 23.9 Å². The molecule has 0 N–H and O–H groups in total. The van der Waals surface area contributed by atoms with Gasteiger partial charge in [-0.05, 0) is 54.4 Å². The van der Waals surface area contributed by atoms with Gasteiger partial charge in [-0.2, -0.15) is 0 Å². The van der Waals surface area contributed by atoms with E-state index >= 15 is 0 Å². The smallest absolute Gasteiger partial charge is 0.343 e. The van der Waals surface area contributed by atoms with Crippen LogP contribution in [0.15, 0.2) is 78.9 Å². The van der Waals surface area contributed by atoms with Gasteiger partial charge in [-0.25, -0.2) is 9.59 Å². The molecule has 0 aliphatic carbocycles. The Balaban J connectivity index is 1.54. The molecular weight excluding hydrogens is 380 g/mol. The average molecular weight is 402 g/mol. The molecule has 0 atom stereocenters. The molecule has 3 rings (SSSR count). The van der Waals surface area contributed by atoms with Crippen molar-refractivity contribution in [1.29, 1.82) is 0 Å². The Kier molecular flexibility index (Phi) is 7.11. The molecule has 0 fully saturated rings. The standard InChI is InChI=1S/C25H22O5/c1-2-29-24(27)20-12-8-18(9-13-20)16-22(26)17-19-10-14-21(15-11-19)25(28)30-23-6-4-3-5-7-23/h3-15H,2,16-17H2,1H3. The van der Waals surface area contributed by atoms with Gasteiger partial charge in [0.25, 0.3) is 0 Å². The summed E-state index contributed by atoms with van der Waals surface area (Å²) in [5, 5.41) is 0. The number of rotatable bonds is 8. The molecular formula is C25H22O5. The number of carbonyl (C=O) groups excluding carboxylic acids is 3. The monoisotopic (exact) mass is 402 g/mol. The van der Waals surface area contributed by atoms with Crippen LogP contribution >= 0.6 is 0 Å². The van der Waals surface area contributed by atoms with E-state index in [1.165, 1.54) is 0 Å². The first-order valence-electron chi connectivity index (χ1n) is 9.69. The number of ether oxygens (including phenoxy) is 2. The van der Waals surface area contributed by atoms with E-state index in [0.29, 0.717) is 23.5 Å². The first-order chi connectivity index (χ1) is 14.5. The van der Waals surface area contributed by atoms with Crippen molar-refractivity contribution in [2.24, 2.45) is 0 Å².